The van der Waals surface area contributed by atoms with Gasteiger partial charge in [0.15, 0.2) is 34.9 Å². The molecule has 4 atom stereocenters. The van der Waals surface area contributed by atoms with Gasteiger partial charge in [0, 0.05) is 78.7 Å². The maximum Gasteiger partial charge on any atom is 0.167 e. The van der Waals surface area contributed by atoms with E-state index < -0.39 is 0 Å². The molecule has 0 amide bonds. The minimum absolute atomic E-state index is 0.0578. The summed E-state index contributed by atoms with van der Waals surface area (Å²) in [6.45, 7) is 0. The summed E-state index contributed by atoms with van der Waals surface area (Å²) in [6, 6.07) is 145. The number of fused-ring (bicyclic) bond motifs is 14. The molecule has 0 saturated carbocycles. The first-order chi connectivity index (χ1) is 61.5. The zero-order valence-corrected chi connectivity index (χ0v) is 67.3. The normalized spacial score (nSPS) is 15.0. The van der Waals surface area contributed by atoms with Gasteiger partial charge < -0.3 is 18.6 Å². The smallest absolute Gasteiger partial charge is 0.167 e. The number of benzene rings is 16. The van der Waals surface area contributed by atoms with Crippen LogP contribution in [0.1, 0.15) is 45.6 Å². The van der Waals surface area contributed by atoms with Gasteiger partial charge in [-0.05, 0) is 151 Å². The minimum atomic E-state index is 0.0578. The van der Waals surface area contributed by atoms with Crippen molar-refractivity contribution in [2.24, 2.45) is 0 Å². The van der Waals surface area contributed by atoms with Crippen molar-refractivity contribution in [1.82, 2.24) is 29.9 Å². The van der Waals surface area contributed by atoms with Gasteiger partial charge in [-0.15, -0.1) is 0 Å². The number of rotatable bonds is 14. The van der Waals surface area contributed by atoms with Gasteiger partial charge in [0.25, 0.3) is 0 Å². The van der Waals surface area contributed by atoms with E-state index >= 15 is 0 Å². The van der Waals surface area contributed by atoms with Crippen molar-refractivity contribution in [3.63, 3.8) is 0 Å². The molecule has 6 heterocycles. The maximum absolute atomic E-state index is 6.94. The molecule has 584 valence electrons. The number of anilines is 4. The van der Waals surface area contributed by atoms with Crippen LogP contribution in [0.15, 0.2) is 433 Å². The Morgan fingerprint density at radius 2 is 0.468 bits per heavy atom. The predicted octanol–water partition coefficient (Wildman–Crippen LogP) is 28.6. The van der Waals surface area contributed by atoms with Crippen LogP contribution in [0.5, 0.6) is 0 Å². The number of hydrogen-bond acceptors (Lipinski definition) is 10. The van der Waals surface area contributed by atoms with Crippen molar-refractivity contribution < 1.29 is 8.83 Å². The standard InChI is InChI=1S/2C57H38N4O/c1-4-15-37(16-5-1)40-29-31-45(32-30-40)61-49-28-11-10-25-46(49)52-50(61)33-34-51-53(52)47-26-14-27-48(54(47)62-51)57-59-55(43-23-12-21-41(35-43)38-17-6-2-7-18-38)58-56(60-57)44-24-13-22-42(36-44)39-19-8-3-9-20-39;1-4-13-37(14-5-1)40-23-27-43(28-24-40)55-58-56(44-29-25-41(26-30-44)38-15-6-2-7-16-38)60-57(59-55)48-21-12-20-47-53-51(62-54(47)48)36-35-50-52(53)46-19-10-11-22-49(46)61(50)45-33-31-42(32-34-45)39-17-8-3-9-18-39/h2*1-36,50,52H. The van der Waals surface area contributed by atoms with E-state index in [1.807, 2.05) is 24.3 Å². The highest BCUT2D eigenvalue weighted by Gasteiger charge is 2.46. The number of nitrogens with zero attached hydrogens (tertiary/aromatic N) is 8. The van der Waals surface area contributed by atoms with Crippen LogP contribution in [0, 0.1) is 0 Å². The molecule has 4 aromatic heterocycles. The highest BCUT2D eigenvalue weighted by atomic mass is 16.3. The first-order valence-corrected chi connectivity index (χ1v) is 42.2. The van der Waals surface area contributed by atoms with E-state index in [0.29, 0.717) is 34.9 Å². The third-order valence-electron chi connectivity index (χ3n) is 24.6. The second-order valence-corrected chi connectivity index (χ2v) is 31.9. The maximum atomic E-state index is 6.94. The molecular formula is C114H76N8O2. The van der Waals surface area contributed by atoms with E-state index in [1.54, 1.807) is 0 Å². The van der Waals surface area contributed by atoms with Crippen molar-refractivity contribution in [3.05, 3.63) is 458 Å². The van der Waals surface area contributed by atoms with Gasteiger partial charge in [0.2, 0.25) is 0 Å². The summed E-state index contributed by atoms with van der Waals surface area (Å²) in [5.41, 5.74) is 30.4. The van der Waals surface area contributed by atoms with E-state index in [2.05, 4.69) is 422 Å². The Bertz CT molecular complexity index is 7260. The van der Waals surface area contributed by atoms with Crippen molar-refractivity contribution in [2.75, 3.05) is 9.80 Å². The average Bonchev–Trinajstić information content (AvgIpc) is 1.56. The molecule has 10 heteroatoms. The number of furan rings is 2. The van der Waals surface area contributed by atoms with Crippen molar-refractivity contribution >= 4 is 56.8 Å². The quantitative estimate of drug-likeness (QED) is 0.104. The zero-order valence-electron chi connectivity index (χ0n) is 67.3. The first-order valence-electron chi connectivity index (χ1n) is 42.2. The average molecular weight is 1590 g/mol. The predicted molar refractivity (Wildman–Crippen MR) is 504 cm³/mol. The summed E-state index contributed by atoms with van der Waals surface area (Å²) in [4.78, 5) is 36.1. The Morgan fingerprint density at radius 1 is 0.210 bits per heavy atom. The molecule has 0 radical (unpaired) electrons. The number of hydrogen-bond donors (Lipinski definition) is 0. The SMILES string of the molecule is C1=CC2C(c3ccccc3N2c2ccc(-c3ccccc3)cc2)c2c1oc1c(-c3nc(-c4ccc(-c5ccccc5)cc4)nc(-c4ccc(-c5ccccc5)cc4)n3)cccc21.C1=CC2C(c3ccccc3N2c2ccc(-c3ccccc3)cc2)c2c1oc1c(-c3nc(-c4cccc(-c5ccccc5)c4)nc(-c4cccc(-c5ccccc5)c4)n3)cccc21. The van der Waals surface area contributed by atoms with Crippen molar-refractivity contribution in [1.29, 1.82) is 0 Å². The first kappa shape index (κ1) is 72.9. The van der Waals surface area contributed by atoms with Crippen LogP contribution >= 0.6 is 0 Å². The third-order valence-corrected chi connectivity index (χ3v) is 24.6. The van der Waals surface area contributed by atoms with E-state index in [-0.39, 0.29) is 23.9 Å². The van der Waals surface area contributed by atoms with Gasteiger partial charge in [0.05, 0.1) is 23.2 Å². The number of aromatic nitrogens is 6. The molecule has 2 aliphatic heterocycles. The largest absolute Gasteiger partial charge is 0.456 e. The molecule has 2 aliphatic carbocycles. The van der Waals surface area contributed by atoms with Crippen LogP contribution in [0.4, 0.5) is 22.7 Å². The topological polar surface area (TPSA) is 110 Å². The molecule has 20 aromatic rings. The molecule has 16 aromatic carbocycles. The summed E-state index contributed by atoms with van der Waals surface area (Å²) in [5, 5.41) is 2.13. The molecule has 4 aliphatic rings. The highest BCUT2D eigenvalue weighted by molar-refractivity contribution is 6.00. The molecule has 0 fully saturated rings. The van der Waals surface area contributed by atoms with Gasteiger partial charge in [-0.2, -0.15) is 0 Å². The summed E-state index contributed by atoms with van der Waals surface area (Å²) in [5.74, 6) is 5.37. The summed E-state index contributed by atoms with van der Waals surface area (Å²) < 4.78 is 13.9. The van der Waals surface area contributed by atoms with Crippen molar-refractivity contribution in [2.45, 2.75) is 23.9 Å². The third kappa shape index (κ3) is 13.3. The van der Waals surface area contributed by atoms with E-state index in [4.69, 9.17) is 38.7 Å². The molecule has 0 N–H and O–H groups in total. The molecule has 0 bridgehead atoms. The minimum Gasteiger partial charge on any atom is -0.456 e. The van der Waals surface area contributed by atoms with Crippen LogP contribution in [0.2, 0.25) is 0 Å². The fourth-order valence-corrected chi connectivity index (χ4v) is 18.7. The summed E-state index contributed by atoms with van der Waals surface area (Å²) in [7, 11) is 0. The van der Waals surface area contributed by atoms with E-state index in [0.717, 1.165) is 123 Å². The van der Waals surface area contributed by atoms with Crippen LogP contribution in [-0.4, -0.2) is 42.0 Å². The lowest BCUT2D eigenvalue weighted by atomic mass is 9.82. The molecule has 0 spiro atoms. The lowest BCUT2D eigenvalue weighted by molar-refractivity contribution is 0.584. The number of para-hydroxylation sites is 4. The van der Waals surface area contributed by atoms with Crippen LogP contribution in [-0.2, 0) is 0 Å². The van der Waals surface area contributed by atoms with Crippen LogP contribution in [0.3, 0.4) is 0 Å². The Balaban J connectivity index is 0.000000143. The molecule has 124 heavy (non-hydrogen) atoms. The monoisotopic (exact) mass is 1590 g/mol. The molecule has 10 nitrogen and oxygen atoms in total. The fourth-order valence-electron chi connectivity index (χ4n) is 18.7. The van der Waals surface area contributed by atoms with E-state index in [9.17, 15) is 0 Å². The summed E-state index contributed by atoms with van der Waals surface area (Å²) >= 11 is 0. The van der Waals surface area contributed by atoms with Gasteiger partial charge in [0.1, 0.15) is 22.7 Å². The Labute approximate surface area is 718 Å². The van der Waals surface area contributed by atoms with Crippen LogP contribution in [0.25, 0.3) is 169 Å². The lowest BCUT2D eigenvalue weighted by Crippen LogP contribution is -2.30. The van der Waals surface area contributed by atoms with Crippen LogP contribution < -0.4 is 9.80 Å². The lowest BCUT2D eigenvalue weighted by Gasteiger charge is -2.30. The molecule has 4 unspecified atom stereocenters. The van der Waals surface area contributed by atoms with Gasteiger partial charge in [-0.3, -0.25) is 0 Å². The zero-order chi connectivity index (χ0) is 82.0. The second-order valence-electron chi connectivity index (χ2n) is 31.9. The Kier molecular flexibility index (Phi) is 18.3. The Hall–Kier alpha value is -16.3. The molecular weight excluding hydrogens is 1510 g/mol. The highest BCUT2D eigenvalue weighted by Crippen LogP contribution is 2.57. The summed E-state index contributed by atoms with van der Waals surface area (Å²) in [6.07, 6.45) is 8.92. The Morgan fingerprint density at radius 3 is 0.815 bits per heavy atom. The van der Waals surface area contributed by atoms with E-state index in [1.165, 1.54) is 55.9 Å². The fraction of sp³-hybridized carbons (Fsp3) is 0.0351. The second kappa shape index (κ2) is 31.1. The van der Waals surface area contributed by atoms with Gasteiger partial charge in [-0.1, -0.05) is 364 Å². The van der Waals surface area contributed by atoms with Gasteiger partial charge in [-0.25, -0.2) is 29.9 Å². The molecule has 0 saturated heterocycles. The van der Waals surface area contributed by atoms with Gasteiger partial charge >= 0.3 is 0 Å². The molecule has 24 rings (SSSR count). The van der Waals surface area contributed by atoms with Crippen molar-refractivity contribution in [3.8, 4) is 135 Å².